The van der Waals surface area contributed by atoms with E-state index in [2.05, 4.69) is 5.32 Å². The van der Waals surface area contributed by atoms with Crippen molar-refractivity contribution >= 4 is 57.4 Å². The topological polar surface area (TPSA) is 75.7 Å². The lowest BCUT2D eigenvalue weighted by atomic mass is 9.54. The van der Waals surface area contributed by atoms with Crippen molar-refractivity contribution in [2.45, 2.75) is 22.7 Å². The molecule has 0 spiro atoms. The number of hydrogen-bond donors (Lipinski definition) is 1. The number of anilines is 1. The van der Waals surface area contributed by atoms with E-state index in [1.54, 1.807) is 31.2 Å². The van der Waals surface area contributed by atoms with Gasteiger partial charge in [0.15, 0.2) is 0 Å². The molecule has 1 heterocycles. The van der Waals surface area contributed by atoms with Gasteiger partial charge in [-0.15, -0.1) is 23.2 Å². The fraction of sp³-hybridized carbons (Fsp3) is 0.162. The molecular weight excluding hydrogens is 607 g/mol. The van der Waals surface area contributed by atoms with Crippen LogP contribution in [0.4, 0.5) is 5.69 Å². The van der Waals surface area contributed by atoms with Crippen LogP contribution in [0.25, 0.3) is 10.8 Å². The molecule has 0 aromatic heterocycles. The molecule has 9 rings (SSSR count). The van der Waals surface area contributed by atoms with Crippen LogP contribution in [0.1, 0.15) is 29.2 Å². The van der Waals surface area contributed by atoms with E-state index in [1.165, 1.54) is 0 Å². The Hall–Kier alpha value is -4.65. The van der Waals surface area contributed by atoms with Gasteiger partial charge < -0.3 is 10.1 Å². The molecule has 222 valence electrons. The summed E-state index contributed by atoms with van der Waals surface area (Å²) in [7, 11) is 0. The van der Waals surface area contributed by atoms with Gasteiger partial charge in [0.05, 0.1) is 11.8 Å². The number of amides is 3. The van der Waals surface area contributed by atoms with Gasteiger partial charge >= 0.3 is 0 Å². The quantitative estimate of drug-likeness (QED) is 0.160. The predicted octanol–water partition coefficient (Wildman–Crippen LogP) is 7.55. The van der Waals surface area contributed by atoms with Crippen LogP contribution in [0, 0.1) is 11.8 Å². The fourth-order valence-corrected chi connectivity index (χ4v) is 8.55. The lowest BCUT2D eigenvalue weighted by Gasteiger charge is -2.54. The highest BCUT2D eigenvalue weighted by molar-refractivity contribution is 6.36. The van der Waals surface area contributed by atoms with Gasteiger partial charge in [-0.05, 0) is 64.9 Å². The van der Waals surface area contributed by atoms with Gasteiger partial charge in [-0.25, -0.2) is 0 Å². The molecule has 1 aliphatic heterocycles. The van der Waals surface area contributed by atoms with E-state index in [4.69, 9.17) is 27.9 Å². The Labute approximate surface area is 269 Å². The third kappa shape index (κ3) is 3.79. The van der Waals surface area contributed by atoms with Crippen LogP contribution in [0.15, 0.2) is 115 Å². The zero-order chi connectivity index (χ0) is 31.1. The molecule has 6 nitrogen and oxygen atoms in total. The lowest BCUT2D eigenvalue weighted by Crippen LogP contribution is -2.57. The Bertz CT molecular complexity index is 1930. The summed E-state index contributed by atoms with van der Waals surface area (Å²) in [6.07, 6.45) is 0. The van der Waals surface area contributed by atoms with Crippen molar-refractivity contribution in [3.8, 4) is 11.5 Å². The van der Waals surface area contributed by atoms with E-state index in [0.29, 0.717) is 33.7 Å². The van der Waals surface area contributed by atoms with Crippen molar-refractivity contribution in [1.29, 1.82) is 0 Å². The van der Waals surface area contributed by atoms with Crippen LogP contribution in [-0.4, -0.2) is 28.7 Å². The van der Waals surface area contributed by atoms with E-state index in [9.17, 15) is 14.4 Å². The second kappa shape index (κ2) is 9.93. The Morgan fingerprint density at radius 2 is 1.20 bits per heavy atom. The first kappa shape index (κ1) is 27.9. The zero-order valence-electron chi connectivity index (χ0n) is 24.0. The Balaban J connectivity index is 1.06. The van der Waals surface area contributed by atoms with E-state index in [-0.39, 0.29) is 0 Å². The van der Waals surface area contributed by atoms with E-state index >= 15 is 0 Å². The van der Waals surface area contributed by atoms with E-state index in [0.717, 1.165) is 21.4 Å². The van der Waals surface area contributed by atoms with Gasteiger partial charge in [-0.2, -0.15) is 0 Å². The van der Waals surface area contributed by atoms with Gasteiger partial charge in [0.2, 0.25) is 17.7 Å². The number of likely N-dealkylation sites (tertiary alicyclic amines) is 1. The molecule has 0 saturated carbocycles. The summed E-state index contributed by atoms with van der Waals surface area (Å²) in [5.74, 6) is -2.12. The minimum Gasteiger partial charge on any atom is -0.457 e. The summed E-state index contributed by atoms with van der Waals surface area (Å²) in [6, 6.07) is 34.6. The third-order valence-electron chi connectivity index (χ3n) is 9.49. The van der Waals surface area contributed by atoms with Crippen LogP contribution < -0.4 is 10.1 Å². The molecule has 0 radical (unpaired) electrons. The van der Waals surface area contributed by atoms with Gasteiger partial charge in [0, 0.05) is 11.1 Å². The van der Waals surface area contributed by atoms with Gasteiger partial charge in [-0.1, -0.05) is 84.9 Å². The Morgan fingerprint density at radius 3 is 1.76 bits per heavy atom. The average Bonchev–Trinajstić information content (AvgIpc) is 3.35. The van der Waals surface area contributed by atoms with Crippen LogP contribution >= 0.6 is 23.2 Å². The highest BCUT2D eigenvalue weighted by Gasteiger charge is 2.73. The molecule has 3 amide bonds. The maximum absolute atomic E-state index is 14.2. The molecule has 5 aromatic rings. The maximum atomic E-state index is 14.2. The number of ether oxygens (including phenoxy) is 1. The Morgan fingerprint density at radius 1 is 0.711 bits per heavy atom. The monoisotopic (exact) mass is 632 g/mol. The van der Waals surface area contributed by atoms with Crippen molar-refractivity contribution in [3.05, 3.63) is 138 Å². The molecule has 1 fully saturated rings. The van der Waals surface area contributed by atoms with Gasteiger partial charge in [0.25, 0.3) is 0 Å². The molecule has 8 heteroatoms. The molecule has 5 aromatic carbocycles. The first-order valence-electron chi connectivity index (χ1n) is 14.8. The molecule has 1 saturated heterocycles. The number of hydrogen-bond acceptors (Lipinski definition) is 4. The lowest BCUT2D eigenvalue weighted by molar-refractivity contribution is -0.146. The standard InChI is InChI=1S/C37H26Cl2N2O4/c1-21(33(42)40-23-17-19-24(20-18-23)45-30-16-8-10-22-9-2-3-11-25(22)30)41-34(43)31-32(35(41)44)37(39)27-13-5-4-12-26(27)36(31,38)28-14-6-7-15-29(28)37/h2-21,31-32H,1H3,(H,40,42)/t21-,31+,32+,36?,37?/m1/s1. The van der Waals surface area contributed by atoms with Crippen molar-refractivity contribution in [3.63, 3.8) is 0 Å². The maximum Gasteiger partial charge on any atom is 0.247 e. The van der Waals surface area contributed by atoms with Crippen LogP contribution in [0.3, 0.4) is 0 Å². The van der Waals surface area contributed by atoms with E-state index < -0.39 is 45.3 Å². The highest BCUT2D eigenvalue weighted by Crippen LogP contribution is 2.69. The molecule has 3 aliphatic carbocycles. The number of rotatable bonds is 5. The van der Waals surface area contributed by atoms with E-state index in [1.807, 2.05) is 91.0 Å². The molecule has 3 atom stereocenters. The first-order chi connectivity index (χ1) is 21.7. The molecule has 45 heavy (non-hydrogen) atoms. The minimum absolute atomic E-state index is 0.496. The van der Waals surface area contributed by atoms with Crippen LogP contribution in [0.5, 0.6) is 11.5 Å². The number of benzene rings is 5. The molecule has 0 unspecified atom stereocenters. The number of carbonyl (C=O) groups is 3. The molecule has 1 N–H and O–H groups in total. The van der Waals surface area contributed by atoms with Crippen molar-refractivity contribution in [2.24, 2.45) is 11.8 Å². The second-order valence-corrected chi connectivity index (χ2v) is 13.0. The molecule has 4 aliphatic rings. The summed E-state index contributed by atoms with van der Waals surface area (Å²) >= 11 is 15.0. The third-order valence-corrected chi connectivity index (χ3v) is 10.8. The minimum atomic E-state index is -1.30. The first-order valence-corrected chi connectivity index (χ1v) is 15.5. The second-order valence-electron chi connectivity index (χ2n) is 11.8. The normalized spacial score (nSPS) is 25.0. The Kier molecular flexibility index (Phi) is 6.15. The largest absolute Gasteiger partial charge is 0.457 e. The number of carbonyl (C=O) groups excluding carboxylic acids is 3. The number of nitrogens with one attached hydrogen (secondary N) is 1. The number of alkyl halides is 2. The van der Waals surface area contributed by atoms with Crippen molar-refractivity contribution < 1.29 is 19.1 Å². The average molecular weight is 634 g/mol. The summed E-state index contributed by atoms with van der Waals surface area (Å²) in [5, 5.41) is 4.91. The number of imide groups is 1. The zero-order valence-corrected chi connectivity index (χ0v) is 25.5. The summed E-state index contributed by atoms with van der Waals surface area (Å²) < 4.78 is 6.13. The van der Waals surface area contributed by atoms with Crippen molar-refractivity contribution in [1.82, 2.24) is 4.90 Å². The molecular formula is C37H26Cl2N2O4. The summed E-state index contributed by atoms with van der Waals surface area (Å²) in [5.41, 5.74) is 3.36. The summed E-state index contributed by atoms with van der Waals surface area (Å²) in [6.45, 7) is 1.55. The molecule has 2 bridgehead atoms. The van der Waals surface area contributed by atoms with Gasteiger partial charge in [0.1, 0.15) is 27.3 Å². The number of halogens is 2. The van der Waals surface area contributed by atoms with Crippen molar-refractivity contribution in [2.75, 3.05) is 5.32 Å². The van der Waals surface area contributed by atoms with Gasteiger partial charge in [-0.3, -0.25) is 19.3 Å². The van der Waals surface area contributed by atoms with Crippen LogP contribution in [0.2, 0.25) is 0 Å². The SMILES string of the molecule is C[C@H](C(=O)Nc1ccc(Oc2cccc3ccccc23)cc1)N1C(=O)[C@@H]2[C@@H](C1=O)C1(Cl)c3ccccc3C2(Cl)c2ccccc21. The smallest absolute Gasteiger partial charge is 0.247 e. The number of fused-ring (bicyclic) bond motifs is 1. The summed E-state index contributed by atoms with van der Waals surface area (Å²) in [4.78, 5) is 40.4. The fourth-order valence-electron chi connectivity index (χ4n) is 7.45. The number of nitrogens with zero attached hydrogens (tertiary/aromatic N) is 1. The predicted molar refractivity (Wildman–Crippen MR) is 174 cm³/mol. The highest BCUT2D eigenvalue weighted by atomic mass is 35.5. The van der Waals surface area contributed by atoms with Crippen LogP contribution in [-0.2, 0) is 24.1 Å².